The molecule has 0 saturated heterocycles. The first-order valence-corrected chi connectivity index (χ1v) is 4.59. The van der Waals surface area contributed by atoms with Crippen LogP contribution in [0.1, 0.15) is 27.2 Å². The maximum Gasteiger partial charge on any atom is 0.307 e. The van der Waals surface area contributed by atoms with Crippen molar-refractivity contribution in [3.8, 4) is 0 Å². The summed E-state index contributed by atoms with van der Waals surface area (Å²) in [6, 6.07) is -0.0590. The first-order valence-electron chi connectivity index (χ1n) is 4.59. The Morgan fingerprint density at radius 3 is 2.31 bits per heavy atom. The lowest BCUT2D eigenvalue weighted by Crippen LogP contribution is -2.37. The Balaban J connectivity index is 3.61. The second kappa shape index (κ2) is 5.94. The topological polar surface area (TPSA) is 69.6 Å². The molecule has 3 atom stereocenters. The minimum atomic E-state index is -0.794. The second-order valence-electron chi connectivity index (χ2n) is 3.51. The standard InChI is InChI=1S/C9H19NO3/c1-6(11)4-5-10-8(3)7(2)9(12)13/h6-8,10-11H,4-5H2,1-3H3,(H,12,13). The van der Waals surface area contributed by atoms with Crippen molar-refractivity contribution in [3.05, 3.63) is 0 Å². The van der Waals surface area contributed by atoms with E-state index in [0.29, 0.717) is 13.0 Å². The van der Waals surface area contributed by atoms with Gasteiger partial charge in [0.15, 0.2) is 0 Å². The van der Waals surface area contributed by atoms with Crippen LogP contribution in [0.25, 0.3) is 0 Å². The molecule has 0 aromatic rings. The van der Waals surface area contributed by atoms with E-state index in [2.05, 4.69) is 5.32 Å². The lowest BCUT2D eigenvalue weighted by molar-refractivity contribution is -0.141. The van der Waals surface area contributed by atoms with Gasteiger partial charge in [-0.2, -0.15) is 0 Å². The minimum Gasteiger partial charge on any atom is -0.481 e. The van der Waals surface area contributed by atoms with Gasteiger partial charge < -0.3 is 15.5 Å². The van der Waals surface area contributed by atoms with Gasteiger partial charge in [-0.1, -0.05) is 6.92 Å². The summed E-state index contributed by atoms with van der Waals surface area (Å²) < 4.78 is 0. The molecule has 0 aliphatic rings. The van der Waals surface area contributed by atoms with E-state index in [1.165, 1.54) is 0 Å². The van der Waals surface area contributed by atoms with Crippen molar-refractivity contribution in [2.75, 3.05) is 6.54 Å². The molecule has 0 radical (unpaired) electrons. The van der Waals surface area contributed by atoms with Gasteiger partial charge in [0.25, 0.3) is 0 Å². The average Bonchev–Trinajstić information content (AvgIpc) is 2.02. The fraction of sp³-hybridized carbons (Fsp3) is 0.889. The van der Waals surface area contributed by atoms with Gasteiger partial charge in [-0.3, -0.25) is 4.79 Å². The fourth-order valence-corrected chi connectivity index (χ4v) is 0.911. The molecule has 0 aliphatic carbocycles. The molecule has 78 valence electrons. The van der Waals surface area contributed by atoms with Crippen molar-refractivity contribution in [2.45, 2.75) is 39.3 Å². The van der Waals surface area contributed by atoms with Crippen LogP contribution in [0.15, 0.2) is 0 Å². The van der Waals surface area contributed by atoms with Gasteiger partial charge in [0.2, 0.25) is 0 Å². The first kappa shape index (κ1) is 12.4. The van der Waals surface area contributed by atoms with Crippen LogP contribution in [0.5, 0.6) is 0 Å². The Labute approximate surface area is 79.0 Å². The third kappa shape index (κ3) is 5.60. The van der Waals surface area contributed by atoms with Gasteiger partial charge in [-0.25, -0.2) is 0 Å². The molecule has 4 heteroatoms. The van der Waals surface area contributed by atoms with Crippen LogP contribution in [0, 0.1) is 5.92 Å². The zero-order chi connectivity index (χ0) is 10.4. The van der Waals surface area contributed by atoms with Crippen LogP contribution in [0.4, 0.5) is 0 Å². The smallest absolute Gasteiger partial charge is 0.307 e. The normalized spacial score (nSPS) is 17.8. The summed E-state index contributed by atoms with van der Waals surface area (Å²) in [5, 5.41) is 20.7. The predicted molar refractivity (Wildman–Crippen MR) is 50.6 cm³/mol. The van der Waals surface area contributed by atoms with Crippen molar-refractivity contribution in [1.82, 2.24) is 5.32 Å². The van der Waals surface area contributed by atoms with Crippen LogP contribution in [0.2, 0.25) is 0 Å². The van der Waals surface area contributed by atoms with Crippen LogP contribution in [-0.4, -0.2) is 34.9 Å². The van der Waals surface area contributed by atoms with Crippen LogP contribution in [0.3, 0.4) is 0 Å². The highest BCUT2D eigenvalue weighted by Crippen LogP contribution is 2.02. The molecule has 0 spiro atoms. The number of aliphatic hydroxyl groups is 1. The molecule has 0 aliphatic heterocycles. The van der Waals surface area contributed by atoms with Gasteiger partial charge in [-0.05, 0) is 26.8 Å². The highest BCUT2D eigenvalue weighted by atomic mass is 16.4. The van der Waals surface area contributed by atoms with Gasteiger partial charge >= 0.3 is 5.97 Å². The summed E-state index contributed by atoms with van der Waals surface area (Å²) in [6.45, 7) is 5.87. The van der Waals surface area contributed by atoms with E-state index in [1.807, 2.05) is 6.92 Å². The SMILES string of the molecule is CC(O)CCNC(C)C(C)C(=O)O. The summed E-state index contributed by atoms with van der Waals surface area (Å²) >= 11 is 0. The predicted octanol–water partition coefficient (Wildman–Crippen LogP) is 0.456. The van der Waals surface area contributed by atoms with Crippen molar-refractivity contribution < 1.29 is 15.0 Å². The van der Waals surface area contributed by atoms with E-state index >= 15 is 0 Å². The molecule has 0 fully saturated rings. The number of carbonyl (C=O) groups is 1. The minimum absolute atomic E-state index is 0.0590. The Morgan fingerprint density at radius 1 is 1.38 bits per heavy atom. The van der Waals surface area contributed by atoms with Crippen LogP contribution in [-0.2, 0) is 4.79 Å². The van der Waals surface area contributed by atoms with E-state index in [0.717, 1.165) is 0 Å². The highest BCUT2D eigenvalue weighted by molar-refractivity contribution is 5.70. The molecule has 13 heavy (non-hydrogen) atoms. The van der Waals surface area contributed by atoms with E-state index in [-0.39, 0.29) is 12.1 Å². The monoisotopic (exact) mass is 189 g/mol. The molecule has 0 rings (SSSR count). The second-order valence-corrected chi connectivity index (χ2v) is 3.51. The fourth-order valence-electron chi connectivity index (χ4n) is 0.911. The van der Waals surface area contributed by atoms with Crippen LogP contribution < -0.4 is 5.32 Å². The number of aliphatic carboxylic acids is 1. The van der Waals surface area contributed by atoms with Gasteiger partial charge in [0.1, 0.15) is 0 Å². The highest BCUT2D eigenvalue weighted by Gasteiger charge is 2.18. The molecule has 0 saturated carbocycles. The first-order chi connectivity index (χ1) is 5.95. The number of carboxylic acids is 1. The van der Waals surface area contributed by atoms with Crippen LogP contribution >= 0.6 is 0 Å². The van der Waals surface area contributed by atoms with E-state index in [4.69, 9.17) is 10.2 Å². The lowest BCUT2D eigenvalue weighted by Gasteiger charge is -2.17. The summed E-state index contributed by atoms with van der Waals surface area (Å²) in [7, 11) is 0. The van der Waals surface area contributed by atoms with Gasteiger partial charge in [-0.15, -0.1) is 0 Å². The lowest BCUT2D eigenvalue weighted by atomic mass is 10.0. The summed E-state index contributed by atoms with van der Waals surface area (Å²) in [5.74, 6) is -1.19. The number of rotatable bonds is 6. The van der Waals surface area contributed by atoms with E-state index in [1.54, 1.807) is 13.8 Å². The molecule has 0 heterocycles. The van der Waals surface area contributed by atoms with Crippen molar-refractivity contribution in [2.24, 2.45) is 5.92 Å². The van der Waals surface area contributed by atoms with Crippen molar-refractivity contribution in [1.29, 1.82) is 0 Å². The number of hydrogen-bond acceptors (Lipinski definition) is 3. The summed E-state index contributed by atoms with van der Waals surface area (Å²) in [6.07, 6.45) is 0.316. The van der Waals surface area contributed by atoms with Crippen molar-refractivity contribution >= 4 is 5.97 Å². The molecular weight excluding hydrogens is 170 g/mol. The number of aliphatic hydroxyl groups excluding tert-OH is 1. The maximum absolute atomic E-state index is 10.5. The van der Waals surface area contributed by atoms with Gasteiger partial charge in [0.05, 0.1) is 12.0 Å². The van der Waals surface area contributed by atoms with E-state index in [9.17, 15) is 4.79 Å². The molecule has 4 nitrogen and oxygen atoms in total. The molecule has 0 aromatic heterocycles. The Bertz CT molecular complexity index is 159. The molecular formula is C9H19NO3. The third-order valence-electron chi connectivity index (χ3n) is 2.17. The Hall–Kier alpha value is -0.610. The number of carboxylic acid groups (broad SMARTS) is 1. The van der Waals surface area contributed by atoms with E-state index < -0.39 is 11.9 Å². The summed E-state index contributed by atoms with van der Waals surface area (Å²) in [5.41, 5.74) is 0. The largest absolute Gasteiger partial charge is 0.481 e. The van der Waals surface area contributed by atoms with Gasteiger partial charge in [0, 0.05) is 6.04 Å². The maximum atomic E-state index is 10.5. The molecule has 3 N–H and O–H groups in total. The summed E-state index contributed by atoms with van der Waals surface area (Å²) in [4.78, 5) is 10.5. The quantitative estimate of drug-likeness (QED) is 0.567. The van der Waals surface area contributed by atoms with Crippen molar-refractivity contribution in [3.63, 3.8) is 0 Å². The molecule has 0 amide bonds. The molecule has 0 aromatic carbocycles. The zero-order valence-electron chi connectivity index (χ0n) is 8.45. The Morgan fingerprint density at radius 2 is 1.92 bits per heavy atom. The number of hydrogen-bond donors (Lipinski definition) is 3. The number of nitrogens with one attached hydrogen (secondary N) is 1. The molecule has 0 bridgehead atoms. The Kier molecular flexibility index (Phi) is 5.66. The third-order valence-corrected chi connectivity index (χ3v) is 2.17. The zero-order valence-corrected chi connectivity index (χ0v) is 8.45. The molecule has 3 unspecified atom stereocenters. The average molecular weight is 189 g/mol.